The van der Waals surface area contributed by atoms with Crippen LogP contribution in [0.2, 0.25) is 0 Å². The first-order valence-electron chi connectivity index (χ1n) is 5.55. The number of nitrogens with zero attached hydrogens (tertiary/aromatic N) is 2. The summed E-state index contributed by atoms with van der Waals surface area (Å²) in [4.78, 5) is 0. The van der Waals surface area contributed by atoms with Crippen molar-refractivity contribution >= 4 is 5.69 Å². The number of hydrogen-bond acceptors (Lipinski definition) is 2. The van der Waals surface area contributed by atoms with Crippen LogP contribution in [0.5, 0.6) is 0 Å². The summed E-state index contributed by atoms with van der Waals surface area (Å²) in [6.45, 7) is 0.711. The number of alkyl halides is 3. The highest BCUT2D eigenvalue weighted by Crippen LogP contribution is 2.31. The first kappa shape index (κ1) is 13.4. The van der Waals surface area contributed by atoms with Gasteiger partial charge in [0.2, 0.25) is 0 Å². The van der Waals surface area contributed by atoms with Crippen LogP contribution in [0.15, 0.2) is 36.7 Å². The second-order valence-corrected chi connectivity index (χ2v) is 3.89. The Bertz CT molecular complexity index is 534. The molecule has 0 spiro atoms. The molecule has 0 aliphatic rings. The predicted octanol–water partition coefficient (Wildman–Crippen LogP) is 3.15. The molecule has 0 aliphatic heterocycles. The van der Waals surface area contributed by atoms with Crippen molar-refractivity contribution in [2.45, 2.75) is 12.7 Å². The van der Waals surface area contributed by atoms with Crippen molar-refractivity contribution in [2.75, 3.05) is 11.9 Å². The Morgan fingerprint density at radius 2 is 2.05 bits per heavy atom. The minimum absolute atomic E-state index is 0.165. The van der Waals surface area contributed by atoms with E-state index in [1.807, 2.05) is 0 Å². The van der Waals surface area contributed by atoms with Crippen LogP contribution in [-0.2, 0) is 12.7 Å². The molecule has 2 rings (SSSR count). The third-order valence-corrected chi connectivity index (χ3v) is 2.51. The summed E-state index contributed by atoms with van der Waals surface area (Å²) < 4.78 is 52.4. The molecular weight excluding hydrogens is 262 g/mol. The van der Waals surface area contributed by atoms with Gasteiger partial charge < -0.3 is 5.32 Å². The topological polar surface area (TPSA) is 29.9 Å². The zero-order valence-corrected chi connectivity index (χ0v) is 9.78. The Kier molecular flexibility index (Phi) is 3.73. The average Bonchev–Trinajstić information content (AvgIpc) is 2.83. The lowest BCUT2D eigenvalue weighted by atomic mass is 10.2. The zero-order valence-electron chi connectivity index (χ0n) is 9.78. The lowest BCUT2D eigenvalue weighted by Crippen LogP contribution is -2.13. The molecule has 3 nitrogen and oxygen atoms in total. The maximum Gasteiger partial charge on any atom is 0.416 e. The first-order chi connectivity index (χ1) is 8.97. The van der Waals surface area contributed by atoms with Gasteiger partial charge in [0.1, 0.15) is 5.82 Å². The minimum Gasteiger partial charge on any atom is -0.381 e. The van der Waals surface area contributed by atoms with Crippen LogP contribution in [0.4, 0.5) is 23.2 Å². The molecule has 19 heavy (non-hydrogen) atoms. The van der Waals surface area contributed by atoms with Gasteiger partial charge >= 0.3 is 6.18 Å². The Labute approximate surface area is 106 Å². The van der Waals surface area contributed by atoms with Gasteiger partial charge in [0.25, 0.3) is 0 Å². The highest BCUT2D eigenvalue weighted by atomic mass is 19.4. The summed E-state index contributed by atoms with van der Waals surface area (Å²) in [5, 5.41) is 6.56. The van der Waals surface area contributed by atoms with Crippen molar-refractivity contribution in [3.8, 4) is 0 Å². The van der Waals surface area contributed by atoms with Crippen LogP contribution in [0, 0.1) is 5.82 Å². The van der Waals surface area contributed by atoms with E-state index in [0.717, 1.165) is 12.1 Å². The van der Waals surface area contributed by atoms with E-state index < -0.39 is 17.6 Å². The van der Waals surface area contributed by atoms with Crippen LogP contribution in [0.25, 0.3) is 0 Å². The molecule has 0 bridgehead atoms. The number of aromatic nitrogens is 2. The van der Waals surface area contributed by atoms with E-state index >= 15 is 0 Å². The molecule has 0 aliphatic carbocycles. The second kappa shape index (κ2) is 5.29. The number of halogens is 4. The number of rotatable bonds is 4. The molecular formula is C12H11F4N3. The number of benzene rings is 1. The maximum atomic E-state index is 13.4. The van der Waals surface area contributed by atoms with E-state index in [1.54, 1.807) is 23.1 Å². The fourth-order valence-electron chi connectivity index (χ4n) is 1.57. The Morgan fingerprint density at radius 1 is 1.26 bits per heavy atom. The summed E-state index contributed by atoms with van der Waals surface area (Å²) in [6.07, 6.45) is -1.18. The molecule has 0 saturated carbocycles. The fraction of sp³-hybridized carbons (Fsp3) is 0.250. The van der Waals surface area contributed by atoms with Gasteiger partial charge in [0.15, 0.2) is 0 Å². The van der Waals surface area contributed by atoms with Crippen molar-refractivity contribution in [3.05, 3.63) is 48.0 Å². The molecule has 0 saturated heterocycles. The second-order valence-electron chi connectivity index (χ2n) is 3.89. The zero-order chi connectivity index (χ0) is 13.9. The van der Waals surface area contributed by atoms with Gasteiger partial charge in [-0.2, -0.15) is 18.3 Å². The molecule has 7 heteroatoms. The molecule has 2 aromatic rings. The standard InChI is InChI=1S/C12H11F4N3/c13-10-3-2-9(12(14,15)16)8-11(10)17-5-7-19-6-1-4-18-19/h1-4,6,8,17H,5,7H2. The third-order valence-electron chi connectivity index (χ3n) is 2.51. The molecule has 0 radical (unpaired) electrons. The van der Waals surface area contributed by atoms with Crippen molar-refractivity contribution in [1.82, 2.24) is 9.78 Å². The van der Waals surface area contributed by atoms with Gasteiger partial charge in [-0.3, -0.25) is 4.68 Å². The Balaban J connectivity index is 2.03. The summed E-state index contributed by atoms with van der Waals surface area (Å²) in [5.74, 6) is -0.714. The summed E-state index contributed by atoms with van der Waals surface area (Å²) in [6, 6.07) is 4.01. The quantitative estimate of drug-likeness (QED) is 0.867. The van der Waals surface area contributed by atoms with Crippen LogP contribution < -0.4 is 5.32 Å². The van der Waals surface area contributed by atoms with Crippen LogP contribution in [0.3, 0.4) is 0 Å². The van der Waals surface area contributed by atoms with E-state index in [1.165, 1.54) is 0 Å². The lowest BCUT2D eigenvalue weighted by molar-refractivity contribution is -0.137. The van der Waals surface area contributed by atoms with Gasteiger partial charge in [-0.05, 0) is 24.3 Å². The van der Waals surface area contributed by atoms with Crippen molar-refractivity contribution in [3.63, 3.8) is 0 Å². The molecule has 1 aromatic heterocycles. The highest BCUT2D eigenvalue weighted by Gasteiger charge is 2.31. The number of anilines is 1. The van der Waals surface area contributed by atoms with Gasteiger partial charge in [-0.25, -0.2) is 4.39 Å². The summed E-state index contributed by atoms with van der Waals surface area (Å²) in [5.41, 5.74) is -1.04. The Morgan fingerprint density at radius 3 is 2.68 bits per heavy atom. The summed E-state index contributed by atoms with van der Waals surface area (Å²) >= 11 is 0. The van der Waals surface area contributed by atoms with Gasteiger partial charge in [0, 0.05) is 18.9 Å². The van der Waals surface area contributed by atoms with E-state index in [4.69, 9.17) is 0 Å². The molecule has 102 valence electrons. The first-order valence-corrected chi connectivity index (χ1v) is 5.55. The van der Waals surface area contributed by atoms with Crippen molar-refractivity contribution in [2.24, 2.45) is 0 Å². The highest BCUT2D eigenvalue weighted by molar-refractivity contribution is 5.47. The SMILES string of the molecule is Fc1ccc(C(F)(F)F)cc1NCCn1cccn1. The lowest BCUT2D eigenvalue weighted by Gasteiger charge is -2.11. The number of hydrogen-bond donors (Lipinski definition) is 1. The van der Waals surface area contributed by atoms with E-state index in [0.29, 0.717) is 12.6 Å². The van der Waals surface area contributed by atoms with Crippen LogP contribution in [0.1, 0.15) is 5.56 Å². The summed E-state index contributed by atoms with van der Waals surface area (Å²) in [7, 11) is 0. The molecule has 0 unspecified atom stereocenters. The van der Waals surface area contributed by atoms with Crippen molar-refractivity contribution < 1.29 is 17.6 Å². The van der Waals surface area contributed by atoms with E-state index in [-0.39, 0.29) is 12.2 Å². The number of nitrogens with one attached hydrogen (secondary N) is 1. The maximum absolute atomic E-state index is 13.4. The molecule has 1 heterocycles. The third kappa shape index (κ3) is 3.46. The largest absolute Gasteiger partial charge is 0.416 e. The van der Waals surface area contributed by atoms with Crippen LogP contribution >= 0.6 is 0 Å². The molecule has 0 fully saturated rings. The van der Waals surface area contributed by atoms with Gasteiger partial charge in [-0.15, -0.1) is 0 Å². The van der Waals surface area contributed by atoms with E-state index in [9.17, 15) is 17.6 Å². The predicted molar refractivity (Wildman–Crippen MR) is 62.1 cm³/mol. The van der Waals surface area contributed by atoms with Gasteiger partial charge in [-0.1, -0.05) is 0 Å². The normalized spacial score (nSPS) is 11.6. The molecule has 0 atom stereocenters. The van der Waals surface area contributed by atoms with Crippen LogP contribution in [-0.4, -0.2) is 16.3 Å². The molecule has 0 amide bonds. The smallest absolute Gasteiger partial charge is 0.381 e. The monoisotopic (exact) mass is 273 g/mol. The molecule has 1 aromatic carbocycles. The van der Waals surface area contributed by atoms with Gasteiger partial charge in [0.05, 0.1) is 17.8 Å². The van der Waals surface area contributed by atoms with E-state index in [2.05, 4.69) is 10.4 Å². The molecule has 1 N–H and O–H groups in total. The minimum atomic E-state index is -4.48. The fourth-order valence-corrected chi connectivity index (χ4v) is 1.57. The Hall–Kier alpha value is -2.05. The average molecular weight is 273 g/mol. The van der Waals surface area contributed by atoms with Crippen molar-refractivity contribution in [1.29, 1.82) is 0 Å².